The van der Waals surface area contributed by atoms with Crippen LogP contribution in [0.1, 0.15) is 4.88 Å². The Bertz CT molecular complexity index is 430. The van der Waals surface area contributed by atoms with Gasteiger partial charge in [0.1, 0.15) is 6.61 Å². The van der Waals surface area contributed by atoms with Gasteiger partial charge in [0.15, 0.2) is 4.47 Å². The highest BCUT2D eigenvalue weighted by molar-refractivity contribution is 7.15. The number of aromatic nitrogens is 1. The van der Waals surface area contributed by atoms with Crippen molar-refractivity contribution in [2.45, 2.75) is 6.42 Å². The van der Waals surface area contributed by atoms with Crippen LogP contribution in [0.3, 0.4) is 0 Å². The third-order valence-electron chi connectivity index (χ3n) is 2.36. The Morgan fingerprint density at radius 3 is 3.06 bits per heavy atom. The Labute approximate surface area is 102 Å². The van der Waals surface area contributed by atoms with Gasteiger partial charge in [-0.1, -0.05) is 11.6 Å². The third-order valence-corrected chi connectivity index (χ3v) is 3.53. The fourth-order valence-electron chi connectivity index (χ4n) is 1.41. The minimum absolute atomic E-state index is 0.261. The summed E-state index contributed by atoms with van der Waals surface area (Å²) in [7, 11) is 1.94. The first kappa shape index (κ1) is 11.4. The summed E-state index contributed by atoms with van der Waals surface area (Å²) < 4.78 is 5.40. The van der Waals surface area contributed by atoms with E-state index < -0.39 is 0 Å². The number of hydrogen-bond donors (Lipinski definition) is 0. The largest absolute Gasteiger partial charge is 0.456 e. The summed E-state index contributed by atoms with van der Waals surface area (Å²) in [6.45, 7) is 1.19. The molecule has 1 aromatic rings. The molecular formula is C10H11ClN2O2S. The number of esters is 1. The maximum atomic E-state index is 10.9. The van der Waals surface area contributed by atoms with Crippen LogP contribution in [0.25, 0.3) is 0 Å². The van der Waals surface area contributed by atoms with E-state index in [1.54, 1.807) is 6.20 Å². The van der Waals surface area contributed by atoms with Crippen LogP contribution in [0.4, 0.5) is 0 Å². The van der Waals surface area contributed by atoms with E-state index >= 15 is 0 Å². The van der Waals surface area contributed by atoms with E-state index in [9.17, 15) is 4.79 Å². The molecule has 0 atom stereocenters. The number of likely N-dealkylation sites (N-methyl/N-ethyl adjacent to an activating group) is 1. The Morgan fingerprint density at radius 2 is 2.50 bits per heavy atom. The van der Waals surface area contributed by atoms with Crippen molar-refractivity contribution in [3.05, 3.63) is 27.3 Å². The average molecular weight is 259 g/mol. The number of halogens is 1. The zero-order valence-corrected chi connectivity index (χ0v) is 10.3. The van der Waals surface area contributed by atoms with Crippen molar-refractivity contribution < 1.29 is 9.53 Å². The third kappa shape index (κ3) is 2.74. The molecule has 0 bridgehead atoms. The lowest BCUT2D eigenvalue weighted by atomic mass is 10.3. The van der Waals surface area contributed by atoms with Crippen LogP contribution in [0.5, 0.6) is 0 Å². The van der Waals surface area contributed by atoms with Gasteiger partial charge in [-0.15, -0.1) is 11.3 Å². The molecule has 1 aliphatic rings. The maximum Gasteiger partial charge on any atom is 0.333 e. The van der Waals surface area contributed by atoms with Crippen molar-refractivity contribution in [3.8, 4) is 0 Å². The van der Waals surface area contributed by atoms with E-state index in [1.165, 1.54) is 17.4 Å². The Balaban J connectivity index is 1.86. The SMILES string of the molecule is CN(CCc1cnc(Cl)s1)C1=CC(=O)OC1. The highest BCUT2D eigenvalue weighted by atomic mass is 35.5. The number of cyclic esters (lactones) is 1. The number of rotatable bonds is 4. The topological polar surface area (TPSA) is 42.4 Å². The summed E-state index contributed by atoms with van der Waals surface area (Å²) in [5.74, 6) is -0.261. The average Bonchev–Trinajstić information content (AvgIpc) is 2.84. The van der Waals surface area contributed by atoms with Crippen LogP contribution in [-0.2, 0) is 16.0 Å². The Kier molecular flexibility index (Phi) is 3.46. The number of thiazole rings is 1. The minimum atomic E-state index is -0.261. The molecule has 0 radical (unpaired) electrons. The number of hydrogen-bond acceptors (Lipinski definition) is 5. The van der Waals surface area contributed by atoms with Crippen molar-refractivity contribution in [2.24, 2.45) is 0 Å². The van der Waals surface area contributed by atoms with Crippen molar-refractivity contribution in [3.63, 3.8) is 0 Å². The number of nitrogens with zero attached hydrogens (tertiary/aromatic N) is 2. The summed E-state index contributed by atoms with van der Waals surface area (Å²) in [6, 6.07) is 0. The lowest BCUT2D eigenvalue weighted by molar-refractivity contribution is -0.135. The molecule has 0 unspecified atom stereocenters. The van der Waals surface area contributed by atoms with Gasteiger partial charge in [-0.3, -0.25) is 0 Å². The molecule has 2 rings (SSSR count). The van der Waals surface area contributed by atoms with Gasteiger partial charge in [0.05, 0.1) is 5.70 Å². The first-order valence-corrected chi connectivity index (χ1v) is 6.03. The van der Waals surface area contributed by atoms with E-state index in [0.717, 1.165) is 23.5 Å². The molecule has 0 aromatic carbocycles. The van der Waals surface area contributed by atoms with Crippen LogP contribution in [0.2, 0.25) is 4.47 Å². The van der Waals surface area contributed by atoms with E-state index in [-0.39, 0.29) is 5.97 Å². The summed E-state index contributed by atoms with van der Waals surface area (Å²) in [5.41, 5.74) is 0.917. The second-order valence-corrected chi connectivity index (χ2v) is 5.19. The maximum absolute atomic E-state index is 10.9. The lowest BCUT2D eigenvalue weighted by Gasteiger charge is -2.18. The van der Waals surface area contributed by atoms with E-state index in [1.807, 2.05) is 11.9 Å². The molecule has 0 saturated heterocycles. The number of carbonyl (C=O) groups excluding carboxylic acids is 1. The van der Waals surface area contributed by atoms with Crippen molar-refractivity contribution in [2.75, 3.05) is 20.2 Å². The molecule has 0 saturated carbocycles. The van der Waals surface area contributed by atoms with Gasteiger partial charge in [-0.25, -0.2) is 9.78 Å². The number of ether oxygens (including phenoxy) is 1. The lowest BCUT2D eigenvalue weighted by Crippen LogP contribution is -2.21. The Morgan fingerprint density at radius 1 is 1.69 bits per heavy atom. The zero-order valence-electron chi connectivity index (χ0n) is 8.77. The van der Waals surface area contributed by atoms with E-state index in [4.69, 9.17) is 16.3 Å². The summed E-state index contributed by atoms with van der Waals surface area (Å²) >= 11 is 7.22. The second-order valence-electron chi connectivity index (χ2n) is 3.49. The molecule has 1 aromatic heterocycles. The molecule has 2 heterocycles. The Hall–Kier alpha value is -1.07. The monoisotopic (exact) mass is 258 g/mol. The molecule has 0 fully saturated rings. The molecule has 0 N–H and O–H groups in total. The van der Waals surface area contributed by atoms with Gasteiger partial charge in [-0.2, -0.15) is 0 Å². The standard InChI is InChI=1S/C10H11ClN2O2S/c1-13(7-4-9(14)15-6-7)3-2-8-5-12-10(11)16-8/h4-5H,2-3,6H2,1H3. The summed E-state index contributed by atoms with van der Waals surface area (Å²) in [4.78, 5) is 18.0. The normalized spacial score (nSPS) is 14.9. The van der Waals surface area contributed by atoms with Crippen LogP contribution in [-0.4, -0.2) is 36.1 Å². The molecule has 1 aliphatic heterocycles. The molecule has 16 heavy (non-hydrogen) atoms. The molecule has 4 nitrogen and oxygen atoms in total. The fraction of sp³-hybridized carbons (Fsp3) is 0.400. The van der Waals surface area contributed by atoms with Gasteiger partial charge in [0.25, 0.3) is 0 Å². The van der Waals surface area contributed by atoms with Crippen molar-refractivity contribution in [1.82, 2.24) is 9.88 Å². The highest BCUT2D eigenvalue weighted by Gasteiger charge is 2.16. The van der Waals surface area contributed by atoms with Crippen LogP contribution < -0.4 is 0 Å². The van der Waals surface area contributed by atoms with Crippen LogP contribution >= 0.6 is 22.9 Å². The predicted octanol–water partition coefficient (Wildman–Crippen LogP) is 1.71. The zero-order chi connectivity index (χ0) is 11.5. The first-order chi connectivity index (χ1) is 7.65. The molecule has 0 spiro atoms. The van der Waals surface area contributed by atoms with Gasteiger partial charge < -0.3 is 9.64 Å². The predicted molar refractivity (Wildman–Crippen MR) is 62.5 cm³/mol. The van der Waals surface area contributed by atoms with Gasteiger partial charge in [0, 0.05) is 37.2 Å². The van der Waals surface area contributed by atoms with Gasteiger partial charge in [-0.05, 0) is 0 Å². The molecule has 0 aliphatic carbocycles. The first-order valence-electron chi connectivity index (χ1n) is 4.84. The van der Waals surface area contributed by atoms with Crippen LogP contribution in [0, 0.1) is 0 Å². The molecular weight excluding hydrogens is 248 g/mol. The van der Waals surface area contributed by atoms with Crippen LogP contribution in [0.15, 0.2) is 18.0 Å². The summed E-state index contributed by atoms with van der Waals surface area (Å²) in [5, 5.41) is 0. The fourth-order valence-corrected chi connectivity index (χ4v) is 2.37. The van der Waals surface area contributed by atoms with Gasteiger partial charge >= 0.3 is 5.97 Å². The molecule has 0 amide bonds. The highest BCUT2D eigenvalue weighted by Crippen LogP contribution is 2.19. The van der Waals surface area contributed by atoms with E-state index in [2.05, 4.69) is 4.98 Å². The molecule has 6 heteroatoms. The molecule has 86 valence electrons. The minimum Gasteiger partial charge on any atom is -0.456 e. The second kappa shape index (κ2) is 4.84. The van der Waals surface area contributed by atoms with Crippen molar-refractivity contribution >= 4 is 28.9 Å². The number of carbonyl (C=O) groups is 1. The van der Waals surface area contributed by atoms with Gasteiger partial charge in [0.2, 0.25) is 0 Å². The summed E-state index contributed by atoms with van der Waals surface area (Å²) in [6.07, 6.45) is 4.18. The quantitative estimate of drug-likeness (QED) is 0.771. The van der Waals surface area contributed by atoms with Crippen molar-refractivity contribution in [1.29, 1.82) is 0 Å². The van der Waals surface area contributed by atoms with E-state index in [0.29, 0.717) is 11.1 Å². The smallest absolute Gasteiger partial charge is 0.333 e.